The Morgan fingerprint density at radius 1 is 1.73 bits per heavy atom. The van der Waals surface area contributed by atoms with E-state index in [9.17, 15) is 4.79 Å². The summed E-state index contributed by atoms with van der Waals surface area (Å²) in [6.07, 6.45) is 1.68. The van der Waals surface area contributed by atoms with Crippen LogP contribution >= 0.6 is 0 Å². The lowest BCUT2D eigenvalue weighted by Crippen LogP contribution is -1.84. The third-order valence-corrected chi connectivity index (χ3v) is 2.00. The van der Waals surface area contributed by atoms with Gasteiger partial charge in [-0.15, -0.1) is 0 Å². The summed E-state index contributed by atoms with van der Waals surface area (Å²) in [6.45, 7) is 2.13. The van der Waals surface area contributed by atoms with Gasteiger partial charge in [-0.1, -0.05) is 12.1 Å². The minimum atomic E-state index is 0.0825. The van der Waals surface area contributed by atoms with Gasteiger partial charge in [-0.3, -0.25) is 4.79 Å². The van der Waals surface area contributed by atoms with Crippen LogP contribution < -0.4 is 0 Å². The highest BCUT2D eigenvalue weighted by Crippen LogP contribution is 2.45. The zero-order valence-electron chi connectivity index (χ0n) is 6.15. The predicted molar refractivity (Wildman–Crippen MR) is 36.2 cm³/mol. The van der Waals surface area contributed by atoms with Gasteiger partial charge in [0.15, 0.2) is 5.82 Å². The van der Waals surface area contributed by atoms with E-state index in [1.807, 2.05) is 0 Å². The maximum atomic E-state index is 10.1. The molecule has 0 saturated heterocycles. The molecule has 4 nitrogen and oxygen atoms in total. The normalized spacial score (nSPS) is 28.5. The second-order valence-corrected chi connectivity index (χ2v) is 2.93. The van der Waals surface area contributed by atoms with Gasteiger partial charge in [-0.2, -0.15) is 4.98 Å². The van der Waals surface area contributed by atoms with Crippen molar-refractivity contribution in [3.8, 4) is 0 Å². The Balaban J connectivity index is 2.19. The molecule has 1 aromatic rings. The van der Waals surface area contributed by atoms with E-state index in [4.69, 9.17) is 0 Å². The number of nitrogens with zero attached hydrogens (tertiary/aromatic N) is 2. The molecule has 0 spiro atoms. The number of aromatic nitrogens is 2. The first-order chi connectivity index (χ1) is 5.31. The zero-order valence-corrected chi connectivity index (χ0v) is 6.15. The second-order valence-electron chi connectivity index (χ2n) is 2.93. The van der Waals surface area contributed by atoms with Crippen molar-refractivity contribution in [1.82, 2.24) is 10.1 Å². The molecule has 1 aliphatic carbocycles. The topological polar surface area (TPSA) is 56.0 Å². The second kappa shape index (κ2) is 2.15. The fourth-order valence-electron chi connectivity index (χ4n) is 1.13. The molecule has 0 aromatic carbocycles. The van der Waals surface area contributed by atoms with E-state index in [0.29, 0.717) is 23.9 Å². The van der Waals surface area contributed by atoms with Crippen molar-refractivity contribution in [3.63, 3.8) is 0 Å². The first-order valence-corrected chi connectivity index (χ1v) is 3.60. The monoisotopic (exact) mass is 152 g/mol. The summed E-state index contributed by atoms with van der Waals surface area (Å²) in [7, 11) is 0. The van der Waals surface area contributed by atoms with Crippen LogP contribution in [0.15, 0.2) is 4.52 Å². The molecule has 1 aromatic heterocycles. The minimum Gasteiger partial charge on any atom is -0.331 e. The van der Waals surface area contributed by atoms with E-state index in [2.05, 4.69) is 21.6 Å². The number of hydrogen-bond acceptors (Lipinski definition) is 4. The van der Waals surface area contributed by atoms with Crippen LogP contribution in [0.4, 0.5) is 0 Å². The summed E-state index contributed by atoms with van der Waals surface area (Å²) in [5.74, 6) is 1.83. The van der Waals surface area contributed by atoms with Crippen LogP contribution in [0.2, 0.25) is 0 Å². The molecule has 1 fully saturated rings. The van der Waals surface area contributed by atoms with Crippen LogP contribution in [-0.4, -0.2) is 16.4 Å². The molecule has 4 heteroatoms. The highest BCUT2D eigenvalue weighted by molar-refractivity contribution is 5.67. The summed E-state index contributed by atoms with van der Waals surface area (Å²) >= 11 is 0. The average Bonchev–Trinajstić information content (AvgIpc) is 2.59. The van der Waals surface area contributed by atoms with Crippen LogP contribution in [-0.2, 0) is 0 Å². The molecular formula is C7H8N2O2. The Hall–Kier alpha value is -1.19. The third kappa shape index (κ3) is 1.04. The van der Waals surface area contributed by atoms with E-state index in [1.54, 1.807) is 0 Å². The highest BCUT2D eigenvalue weighted by Gasteiger charge is 2.37. The molecule has 2 unspecified atom stereocenters. The summed E-state index contributed by atoms with van der Waals surface area (Å²) in [6, 6.07) is 0. The number of carbonyl (C=O) groups excluding carboxylic acids is 1. The van der Waals surface area contributed by atoms with E-state index >= 15 is 0 Å². The SMILES string of the molecule is CC1CC1c1noc(C=O)n1. The van der Waals surface area contributed by atoms with Crippen molar-refractivity contribution in [2.24, 2.45) is 5.92 Å². The molecule has 0 N–H and O–H groups in total. The Labute approximate surface area is 63.6 Å². The molecule has 1 saturated carbocycles. The van der Waals surface area contributed by atoms with Crippen LogP contribution in [0, 0.1) is 5.92 Å². The van der Waals surface area contributed by atoms with Crippen LogP contribution in [0.5, 0.6) is 0 Å². The number of hydrogen-bond donors (Lipinski definition) is 0. The number of aldehydes is 1. The Morgan fingerprint density at radius 2 is 2.45 bits per heavy atom. The van der Waals surface area contributed by atoms with Crippen molar-refractivity contribution in [2.45, 2.75) is 19.3 Å². The molecule has 2 atom stereocenters. The summed E-state index contributed by atoms with van der Waals surface area (Å²) in [5.41, 5.74) is 0. The van der Waals surface area contributed by atoms with Crippen molar-refractivity contribution >= 4 is 6.29 Å². The fourth-order valence-corrected chi connectivity index (χ4v) is 1.13. The van der Waals surface area contributed by atoms with E-state index in [1.165, 1.54) is 0 Å². The van der Waals surface area contributed by atoms with Crippen molar-refractivity contribution < 1.29 is 9.32 Å². The van der Waals surface area contributed by atoms with Gasteiger partial charge in [0.25, 0.3) is 5.89 Å². The van der Waals surface area contributed by atoms with Crippen molar-refractivity contribution in [2.75, 3.05) is 0 Å². The largest absolute Gasteiger partial charge is 0.331 e. The minimum absolute atomic E-state index is 0.0825. The van der Waals surface area contributed by atoms with Gasteiger partial charge >= 0.3 is 0 Å². The Kier molecular flexibility index (Phi) is 1.27. The number of rotatable bonds is 2. The molecule has 1 heterocycles. The lowest BCUT2D eigenvalue weighted by atomic mass is 10.3. The quantitative estimate of drug-likeness (QED) is 0.593. The zero-order chi connectivity index (χ0) is 7.84. The fraction of sp³-hybridized carbons (Fsp3) is 0.571. The van der Waals surface area contributed by atoms with E-state index in [-0.39, 0.29) is 5.89 Å². The van der Waals surface area contributed by atoms with Gasteiger partial charge in [0.1, 0.15) is 0 Å². The molecule has 11 heavy (non-hydrogen) atoms. The first kappa shape index (κ1) is 6.52. The van der Waals surface area contributed by atoms with Gasteiger partial charge in [-0.25, -0.2) is 0 Å². The Morgan fingerprint density at radius 3 is 2.91 bits per heavy atom. The molecule has 2 rings (SSSR count). The molecule has 0 radical (unpaired) electrons. The highest BCUT2D eigenvalue weighted by atomic mass is 16.5. The average molecular weight is 152 g/mol. The van der Waals surface area contributed by atoms with Crippen molar-refractivity contribution in [1.29, 1.82) is 0 Å². The molecule has 0 aliphatic heterocycles. The molecular weight excluding hydrogens is 144 g/mol. The summed E-state index contributed by atoms with van der Waals surface area (Å²) in [5, 5.41) is 3.68. The summed E-state index contributed by atoms with van der Waals surface area (Å²) in [4.78, 5) is 14.0. The standard InChI is InChI=1S/C7H8N2O2/c1-4-2-5(4)7-8-6(3-10)11-9-7/h3-5H,2H2,1H3. The van der Waals surface area contributed by atoms with Gasteiger partial charge in [0, 0.05) is 5.92 Å². The molecule has 1 aliphatic rings. The van der Waals surface area contributed by atoms with Crippen LogP contribution in [0.25, 0.3) is 0 Å². The van der Waals surface area contributed by atoms with E-state index < -0.39 is 0 Å². The molecule has 58 valence electrons. The molecule has 0 bridgehead atoms. The maximum absolute atomic E-state index is 10.1. The predicted octanol–water partition coefficient (Wildman–Crippen LogP) is 1.01. The van der Waals surface area contributed by atoms with Crippen LogP contribution in [0.3, 0.4) is 0 Å². The van der Waals surface area contributed by atoms with E-state index in [0.717, 1.165) is 6.42 Å². The van der Waals surface area contributed by atoms with Gasteiger partial charge in [-0.05, 0) is 12.3 Å². The first-order valence-electron chi connectivity index (χ1n) is 3.60. The number of carbonyl (C=O) groups is 1. The van der Waals surface area contributed by atoms with Gasteiger partial charge < -0.3 is 4.52 Å². The lowest BCUT2D eigenvalue weighted by molar-refractivity contribution is 0.108. The van der Waals surface area contributed by atoms with Crippen molar-refractivity contribution in [3.05, 3.63) is 11.7 Å². The van der Waals surface area contributed by atoms with Gasteiger partial charge in [0.2, 0.25) is 6.29 Å². The third-order valence-electron chi connectivity index (χ3n) is 2.00. The van der Waals surface area contributed by atoms with Crippen LogP contribution in [0.1, 0.15) is 35.8 Å². The maximum Gasteiger partial charge on any atom is 0.290 e. The smallest absolute Gasteiger partial charge is 0.290 e. The lowest BCUT2D eigenvalue weighted by Gasteiger charge is -1.81. The van der Waals surface area contributed by atoms with Gasteiger partial charge in [0.05, 0.1) is 0 Å². The Bertz CT molecular complexity index is 282. The summed E-state index contributed by atoms with van der Waals surface area (Å²) < 4.78 is 4.63. The molecule has 0 amide bonds.